The lowest BCUT2D eigenvalue weighted by Gasteiger charge is -2.33. The second-order valence-corrected chi connectivity index (χ2v) is 6.15. The second kappa shape index (κ2) is 8.85. The third-order valence-electron chi connectivity index (χ3n) is 4.33. The van der Waals surface area contributed by atoms with Crippen molar-refractivity contribution in [2.45, 2.75) is 44.6 Å². The molecule has 0 saturated carbocycles. The molecule has 2 aliphatic heterocycles. The predicted octanol–water partition coefficient (Wildman–Crippen LogP) is 3.50. The summed E-state index contributed by atoms with van der Waals surface area (Å²) in [7, 11) is 0. The van der Waals surface area contributed by atoms with Gasteiger partial charge in [-0.3, -0.25) is 4.90 Å². The summed E-state index contributed by atoms with van der Waals surface area (Å²) in [4.78, 5) is 14.2. The molecule has 0 aromatic heterocycles. The summed E-state index contributed by atoms with van der Waals surface area (Å²) in [6.45, 7) is 2.15. The zero-order valence-electron chi connectivity index (χ0n) is 13.9. The first-order chi connectivity index (χ1) is 11.8. The second-order valence-electron chi connectivity index (χ2n) is 6.15. The van der Waals surface area contributed by atoms with Crippen LogP contribution in [0.4, 0.5) is 4.79 Å². The number of rotatable bonds is 5. The van der Waals surface area contributed by atoms with Crippen LogP contribution < -0.4 is 0 Å². The van der Waals surface area contributed by atoms with Crippen molar-refractivity contribution in [1.29, 1.82) is 0 Å². The molecule has 0 spiro atoms. The third kappa shape index (κ3) is 4.82. The SMILES string of the molecule is O=C(OCc1ccccc1)N1CCC=CC1COC1CCCCO1. The Hall–Kier alpha value is -1.85. The molecule has 24 heavy (non-hydrogen) atoms. The van der Waals surface area contributed by atoms with E-state index in [1.165, 1.54) is 0 Å². The molecule has 1 saturated heterocycles. The van der Waals surface area contributed by atoms with E-state index in [4.69, 9.17) is 14.2 Å². The third-order valence-corrected chi connectivity index (χ3v) is 4.33. The molecule has 5 heteroatoms. The number of ether oxygens (including phenoxy) is 3. The predicted molar refractivity (Wildman–Crippen MR) is 90.4 cm³/mol. The Bertz CT molecular complexity index is 540. The summed E-state index contributed by atoms with van der Waals surface area (Å²) >= 11 is 0. The molecular weight excluding hydrogens is 306 g/mol. The summed E-state index contributed by atoms with van der Waals surface area (Å²) in [6, 6.07) is 9.63. The lowest BCUT2D eigenvalue weighted by atomic mass is 10.1. The number of hydrogen-bond donors (Lipinski definition) is 0. The van der Waals surface area contributed by atoms with E-state index in [9.17, 15) is 4.79 Å². The summed E-state index contributed by atoms with van der Waals surface area (Å²) in [6.07, 6.45) is 7.69. The average molecular weight is 331 g/mol. The van der Waals surface area contributed by atoms with Gasteiger partial charge >= 0.3 is 6.09 Å². The van der Waals surface area contributed by atoms with Gasteiger partial charge in [0.25, 0.3) is 0 Å². The Labute approximate surface area is 143 Å². The molecule has 130 valence electrons. The normalized spacial score (nSPS) is 23.9. The first kappa shape index (κ1) is 17.0. The highest BCUT2D eigenvalue weighted by atomic mass is 16.7. The van der Waals surface area contributed by atoms with E-state index in [0.29, 0.717) is 19.8 Å². The quantitative estimate of drug-likeness (QED) is 0.775. The largest absolute Gasteiger partial charge is 0.445 e. The fourth-order valence-corrected chi connectivity index (χ4v) is 2.96. The van der Waals surface area contributed by atoms with Crippen molar-refractivity contribution in [2.24, 2.45) is 0 Å². The molecule has 2 unspecified atom stereocenters. The molecule has 2 heterocycles. The fourth-order valence-electron chi connectivity index (χ4n) is 2.96. The monoisotopic (exact) mass is 331 g/mol. The molecule has 1 aromatic rings. The Morgan fingerprint density at radius 3 is 2.92 bits per heavy atom. The van der Waals surface area contributed by atoms with Crippen LogP contribution in [0.25, 0.3) is 0 Å². The molecule has 0 radical (unpaired) electrons. The van der Waals surface area contributed by atoms with Gasteiger partial charge in [-0.05, 0) is 31.2 Å². The highest BCUT2D eigenvalue weighted by Gasteiger charge is 2.26. The summed E-state index contributed by atoms with van der Waals surface area (Å²) in [5.74, 6) is 0. The van der Waals surface area contributed by atoms with E-state index in [0.717, 1.165) is 37.9 Å². The van der Waals surface area contributed by atoms with Crippen LogP contribution in [-0.2, 0) is 20.8 Å². The lowest BCUT2D eigenvalue weighted by Crippen LogP contribution is -2.45. The summed E-state index contributed by atoms with van der Waals surface area (Å²) in [5.41, 5.74) is 0.988. The Morgan fingerprint density at radius 2 is 2.12 bits per heavy atom. The average Bonchev–Trinajstić information content (AvgIpc) is 2.66. The van der Waals surface area contributed by atoms with Crippen molar-refractivity contribution in [3.8, 4) is 0 Å². The molecule has 5 nitrogen and oxygen atoms in total. The Kier molecular flexibility index (Phi) is 6.26. The number of carbonyl (C=O) groups is 1. The summed E-state index contributed by atoms with van der Waals surface area (Å²) < 4.78 is 16.9. The van der Waals surface area contributed by atoms with E-state index in [2.05, 4.69) is 6.08 Å². The van der Waals surface area contributed by atoms with Gasteiger partial charge in [0.05, 0.1) is 12.6 Å². The molecule has 1 aromatic carbocycles. The maximum atomic E-state index is 12.4. The van der Waals surface area contributed by atoms with Gasteiger partial charge in [-0.15, -0.1) is 0 Å². The topological polar surface area (TPSA) is 48.0 Å². The number of benzene rings is 1. The van der Waals surface area contributed by atoms with Crippen molar-refractivity contribution >= 4 is 6.09 Å². The Balaban J connectivity index is 1.50. The maximum Gasteiger partial charge on any atom is 0.410 e. The minimum absolute atomic E-state index is 0.0902. The molecule has 0 N–H and O–H groups in total. The highest BCUT2D eigenvalue weighted by molar-refractivity contribution is 5.68. The minimum atomic E-state index is -0.290. The molecule has 1 amide bonds. The highest BCUT2D eigenvalue weighted by Crippen LogP contribution is 2.17. The zero-order chi connectivity index (χ0) is 16.6. The van der Waals surface area contributed by atoms with Crippen molar-refractivity contribution in [3.63, 3.8) is 0 Å². The van der Waals surface area contributed by atoms with Crippen molar-refractivity contribution in [1.82, 2.24) is 4.90 Å². The van der Waals surface area contributed by atoms with Gasteiger partial charge in [0, 0.05) is 13.2 Å². The van der Waals surface area contributed by atoms with Gasteiger partial charge in [0.2, 0.25) is 0 Å². The zero-order valence-corrected chi connectivity index (χ0v) is 13.9. The molecule has 0 bridgehead atoms. The van der Waals surface area contributed by atoms with E-state index in [-0.39, 0.29) is 18.4 Å². The van der Waals surface area contributed by atoms with Gasteiger partial charge in [-0.25, -0.2) is 4.79 Å². The number of hydrogen-bond acceptors (Lipinski definition) is 4. The van der Waals surface area contributed by atoms with Crippen molar-refractivity contribution in [3.05, 3.63) is 48.0 Å². The molecule has 1 fully saturated rings. The molecule has 3 rings (SSSR count). The standard InChI is InChI=1S/C19H25NO4/c21-19(24-14-16-8-2-1-3-9-16)20-12-6-4-10-17(20)15-23-18-11-5-7-13-22-18/h1-4,8-10,17-18H,5-7,11-15H2. The first-order valence-electron chi connectivity index (χ1n) is 8.70. The van der Waals surface area contributed by atoms with E-state index in [1.807, 2.05) is 36.4 Å². The van der Waals surface area contributed by atoms with Gasteiger partial charge in [-0.1, -0.05) is 42.5 Å². The summed E-state index contributed by atoms with van der Waals surface area (Å²) in [5, 5.41) is 0. The van der Waals surface area contributed by atoms with Gasteiger partial charge in [0.15, 0.2) is 6.29 Å². The van der Waals surface area contributed by atoms with E-state index < -0.39 is 0 Å². The molecule has 2 aliphatic rings. The van der Waals surface area contributed by atoms with Crippen molar-refractivity contribution < 1.29 is 19.0 Å². The van der Waals surface area contributed by atoms with Crippen LogP contribution in [0.1, 0.15) is 31.2 Å². The van der Waals surface area contributed by atoms with Gasteiger partial charge < -0.3 is 14.2 Å². The Morgan fingerprint density at radius 1 is 1.25 bits per heavy atom. The van der Waals surface area contributed by atoms with Crippen LogP contribution in [-0.4, -0.2) is 43.1 Å². The molecule has 2 atom stereocenters. The van der Waals surface area contributed by atoms with Crippen LogP contribution in [0.2, 0.25) is 0 Å². The van der Waals surface area contributed by atoms with Gasteiger partial charge in [-0.2, -0.15) is 0 Å². The minimum Gasteiger partial charge on any atom is -0.445 e. The number of nitrogens with zero attached hydrogens (tertiary/aromatic N) is 1. The van der Waals surface area contributed by atoms with Crippen LogP contribution >= 0.6 is 0 Å². The first-order valence-corrected chi connectivity index (χ1v) is 8.70. The van der Waals surface area contributed by atoms with Crippen LogP contribution in [0, 0.1) is 0 Å². The van der Waals surface area contributed by atoms with Crippen LogP contribution in [0.15, 0.2) is 42.5 Å². The van der Waals surface area contributed by atoms with Crippen LogP contribution in [0.3, 0.4) is 0 Å². The van der Waals surface area contributed by atoms with E-state index >= 15 is 0 Å². The lowest BCUT2D eigenvalue weighted by molar-refractivity contribution is -0.167. The fraction of sp³-hybridized carbons (Fsp3) is 0.526. The smallest absolute Gasteiger partial charge is 0.410 e. The van der Waals surface area contributed by atoms with Crippen molar-refractivity contribution in [2.75, 3.05) is 19.8 Å². The van der Waals surface area contributed by atoms with E-state index in [1.54, 1.807) is 4.90 Å². The van der Waals surface area contributed by atoms with Crippen LogP contribution in [0.5, 0.6) is 0 Å². The number of amides is 1. The maximum absolute atomic E-state index is 12.4. The number of carbonyl (C=O) groups excluding carboxylic acids is 1. The van der Waals surface area contributed by atoms with Gasteiger partial charge in [0.1, 0.15) is 6.61 Å². The molecular formula is C19H25NO4. The molecule has 0 aliphatic carbocycles.